The molecule has 0 saturated carbocycles. The number of nitrogens with one attached hydrogen (secondary N) is 1. The summed E-state index contributed by atoms with van der Waals surface area (Å²) in [7, 11) is 0. The highest BCUT2D eigenvalue weighted by atomic mass is 16.1. The van der Waals surface area contributed by atoms with Gasteiger partial charge in [-0.05, 0) is 25.9 Å². The van der Waals surface area contributed by atoms with Gasteiger partial charge in [0.05, 0.1) is 0 Å². The molecule has 1 radical (unpaired) electrons. The van der Waals surface area contributed by atoms with Crippen molar-refractivity contribution in [2.24, 2.45) is 0 Å². The van der Waals surface area contributed by atoms with Crippen molar-refractivity contribution >= 4 is 5.91 Å². The Bertz CT molecular complexity index is 130. The topological polar surface area (TPSA) is 44.1 Å². The van der Waals surface area contributed by atoms with Crippen LogP contribution in [-0.2, 0) is 4.79 Å². The van der Waals surface area contributed by atoms with Crippen LogP contribution in [0.3, 0.4) is 0 Å². The molecule has 1 heterocycles. The Labute approximate surface area is 67.5 Å². The SMILES string of the molecule is [NH]C(=O)CCN1CCCCC1. The zero-order valence-electron chi connectivity index (χ0n) is 6.81. The first-order valence-corrected chi connectivity index (χ1v) is 4.26. The summed E-state index contributed by atoms with van der Waals surface area (Å²) in [5, 5.41) is 0. The van der Waals surface area contributed by atoms with E-state index in [9.17, 15) is 4.79 Å². The second-order valence-electron chi connectivity index (χ2n) is 3.08. The molecule has 1 rings (SSSR count). The molecule has 0 spiro atoms. The highest BCUT2D eigenvalue weighted by Gasteiger charge is 2.09. The lowest BCUT2D eigenvalue weighted by atomic mass is 10.1. The van der Waals surface area contributed by atoms with Crippen LogP contribution in [0.1, 0.15) is 25.7 Å². The van der Waals surface area contributed by atoms with Gasteiger partial charge in [0.1, 0.15) is 0 Å². The first-order chi connectivity index (χ1) is 5.29. The van der Waals surface area contributed by atoms with Crippen molar-refractivity contribution in [3.05, 3.63) is 0 Å². The Morgan fingerprint density at radius 3 is 2.45 bits per heavy atom. The third-order valence-corrected chi connectivity index (χ3v) is 2.10. The summed E-state index contributed by atoms with van der Waals surface area (Å²) in [6.07, 6.45) is 4.24. The number of carbonyl (C=O) groups excluding carboxylic acids is 1. The number of likely N-dealkylation sites (tertiary alicyclic amines) is 1. The normalized spacial score (nSPS) is 20.0. The van der Waals surface area contributed by atoms with Crippen LogP contribution in [0.15, 0.2) is 0 Å². The van der Waals surface area contributed by atoms with E-state index in [1.54, 1.807) is 0 Å². The summed E-state index contributed by atoms with van der Waals surface area (Å²) >= 11 is 0. The van der Waals surface area contributed by atoms with E-state index in [1.165, 1.54) is 19.3 Å². The molecule has 0 atom stereocenters. The number of nitrogens with zero attached hydrogens (tertiary/aromatic N) is 1. The monoisotopic (exact) mass is 155 g/mol. The third kappa shape index (κ3) is 3.37. The molecule has 1 N–H and O–H groups in total. The first kappa shape index (κ1) is 8.53. The van der Waals surface area contributed by atoms with Crippen molar-refractivity contribution in [1.29, 1.82) is 0 Å². The number of hydrogen-bond acceptors (Lipinski definition) is 2. The average molecular weight is 155 g/mol. The van der Waals surface area contributed by atoms with Gasteiger partial charge >= 0.3 is 0 Å². The van der Waals surface area contributed by atoms with Gasteiger partial charge in [-0.25, -0.2) is 0 Å². The minimum Gasteiger partial charge on any atom is -0.303 e. The molecule has 3 heteroatoms. The van der Waals surface area contributed by atoms with Gasteiger partial charge in [0, 0.05) is 13.0 Å². The molecule has 0 aliphatic carbocycles. The fourth-order valence-electron chi connectivity index (χ4n) is 1.44. The van der Waals surface area contributed by atoms with Crippen LogP contribution in [0.4, 0.5) is 0 Å². The number of carbonyl (C=O) groups is 1. The van der Waals surface area contributed by atoms with E-state index in [2.05, 4.69) is 4.90 Å². The van der Waals surface area contributed by atoms with E-state index in [1.807, 2.05) is 0 Å². The van der Waals surface area contributed by atoms with Crippen LogP contribution in [0, 0.1) is 0 Å². The van der Waals surface area contributed by atoms with Crippen LogP contribution >= 0.6 is 0 Å². The third-order valence-electron chi connectivity index (χ3n) is 2.10. The smallest absolute Gasteiger partial charge is 0.239 e. The van der Waals surface area contributed by atoms with E-state index in [-0.39, 0.29) is 0 Å². The molecule has 11 heavy (non-hydrogen) atoms. The molecule has 0 aromatic rings. The molecular formula is C8H15N2O. The van der Waals surface area contributed by atoms with Crippen LogP contribution in [-0.4, -0.2) is 30.4 Å². The summed E-state index contributed by atoms with van der Waals surface area (Å²) in [5.74, 6) is -0.435. The lowest BCUT2D eigenvalue weighted by Crippen LogP contribution is -2.31. The summed E-state index contributed by atoms with van der Waals surface area (Å²) < 4.78 is 0. The Kier molecular flexibility index (Phi) is 3.36. The Morgan fingerprint density at radius 1 is 1.27 bits per heavy atom. The predicted molar refractivity (Wildman–Crippen MR) is 43.0 cm³/mol. The second-order valence-corrected chi connectivity index (χ2v) is 3.08. The fraction of sp³-hybridized carbons (Fsp3) is 0.875. The number of rotatable bonds is 3. The summed E-state index contributed by atoms with van der Waals surface area (Å²) in [5.41, 5.74) is 6.73. The molecule has 1 amide bonds. The van der Waals surface area contributed by atoms with Gasteiger partial charge in [-0.2, -0.15) is 0 Å². The molecule has 1 saturated heterocycles. The van der Waals surface area contributed by atoms with Gasteiger partial charge in [-0.3, -0.25) is 10.5 Å². The van der Waals surface area contributed by atoms with Gasteiger partial charge < -0.3 is 4.90 Å². The number of piperidine rings is 1. The van der Waals surface area contributed by atoms with Crippen molar-refractivity contribution < 1.29 is 4.79 Å². The van der Waals surface area contributed by atoms with Crippen molar-refractivity contribution in [3.63, 3.8) is 0 Å². The van der Waals surface area contributed by atoms with E-state index in [0.29, 0.717) is 6.42 Å². The quantitative estimate of drug-likeness (QED) is 0.601. The molecule has 1 fully saturated rings. The molecule has 3 nitrogen and oxygen atoms in total. The maximum absolute atomic E-state index is 10.3. The summed E-state index contributed by atoms with van der Waals surface area (Å²) in [6.45, 7) is 3.03. The molecule has 0 aromatic carbocycles. The first-order valence-electron chi connectivity index (χ1n) is 4.26. The van der Waals surface area contributed by atoms with Crippen LogP contribution < -0.4 is 5.73 Å². The molecule has 0 unspecified atom stereocenters. The predicted octanol–water partition coefficient (Wildman–Crippen LogP) is 0.672. The second kappa shape index (κ2) is 4.34. The minimum atomic E-state index is -0.435. The Morgan fingerprint density at radius 2 is 1.91 bits per heavy atom. The highest BCUT2D eigenvalue weighted by Crippen LogP contribution is 2.08. The van der Waals surface area contributed by atoms with Gasteiger partial charge in [0.15, 0.2) is 0 Å². The Hall–Kier alpha value is -0.570. The van der Waals surface area contributed by atoms with Gasteiger partial charge in [-0.1, -0.05) is 6.42 Å². The lowest BCUT2D eigenvalue weighted by molar-refractivity contribution is -0.119. The van der Waals surface area contributed by atoms with E-state index in [4.69, 9.17) is 5.73 Å². The molecule has 0 aromatic heterocycles. The zero-order valence-corrected chi connectivity index (χ0v) is 6.81. The molecule has 63 valence electrons. The molecule has 1 aliphatic heterocycles. The van der Waals surface area contributed by atoms with Crippen molar-refractivity contribution in [2.45, 2.75) is 25.7 Å². The largest absolute Gasteiger partial charge is 0.303 e. The number of hydrogen-bond donors (Lipinski definition) is 0. The van der Waals surface area contributed by atoms with Crippen LogP contribution in [0.25, 0.3) is 0 Å². The highest BCUT2D eigenvalue weighted by molar-refractivity contribution is 5.73. The van der Waals surface area contributed by atoms with Crippen LogP contribution in [0.5, 0.6) is 0 Å². The van der Waals surface area contributed by atoms with E-state index >= 15 is 0 Å². The maximum atomic E-state index is 10.3. The van der Waals surface area contributed by atoms with E-state index < -0.39 is 5.91 Å². The van der Waals surface area contributed by atoms with Crippen molar-refractivity contribution in [1.82, 2.24) is 10.6 Å². The van der Waals surface area contributed by atoms with Crippen LogP contribution in [0.2, 0.25) is 0 Å². The fourth-order valence-corrected chi connectivity index (χ4v) is 1.44. The standard InChI is InChI=1S/C8H15N2O/c9-8(11)4-7-10-5-2-1-3-6-10/h9H,1-7H2. The lowest BCUT2D eigenvalue weighted by Gasteiger charge is -2.25. The van der Waals surface area contributed by atoms with Crippen molar-refractivity contribution in [3.8, 4) is 0 Å². The van der Waals surface area contributed by atoms with E-state index in [0.717, 1.165) is 19.6 Å². The summed E-state index contributed by atoms with van der Waals surface area (Å²) in [6, 6.07) is 0. The zero-order chi connectivity index (χ0) is 8.10. The Balaban J connectivity index is 2.09. The minimum absolute atomic E-state index is 0.403. The molecule has 0 bridgehead atoms. The van der Waals surface area contributed by atoms with Gasteiger partial charge in [0.25, 0.3) is 0 Å². The van der Waals surface area contributed by atoms with Crippen molar-refractivity contribution in [2.75, 3.05) is 19.6 Å². The number of amides is 1. The molecule has 1 aliphatic rings. The summed E-state index contributed by atoms with van der Waals surface area (Å²) in [4.78, 5) is 12.6. The average Bonchev–Trinajstić information content (AvgIpc) is 2.03. The molecular weight excluding hydrogens is 140 g/mol. The van der Waals surface area contributed by atoms with Gasteiger partial charge in [0.2, 0.25) is 5.91 Å². The van der Waals surface area contributed by atoms with Gasteiger partial charge in [-0.15, -0.1) is 0 Å². The maximum Gasteiger partial charge on any atom is 0.239 e.